The van der Waals surface area contributed by atoms with Gasteiger partial charge in [-0.3, -0.25) is 14.4 Å². The Balaban J connectivity index is 1.63. The van der Waals surface area contributed by atoms with Crippen LogP contribution in [0.25, 0.3) is 0 Å². The van der Waals surface area contributed by atoms with Gasteiger partial charge in [0, 0.05) is 32.7 Å². The minimum atomic E-state index is -0.217. The Kier molecular flexibility index (Phi) is 4.73. The predicted octanol–water partition coefficient (Wildman–Crippen LogP) is 5.52. The standard InChI is InChI=1S/C24H18O3S/c1-14(2)15-7-10-17(11-8-15)28-24(27)16-9-12-20-21(13-16)23(26)19-6-4-3-5-18(19)22(20)25/h3-14H,1-2H3. The van der Waals surface area contributed by atoms with Gasteiger partial charge in [-0.15, -0.1) is 0 Å². The third-order valence-electron chi connectivity index (χ3n) is 4.92. The molecule has 0 atom stereocenters. The molecule has 0 heterocycles. The largest absolute Gasteiger partial charge is 0.289 e. The second kappa shape index (κ2) is 7.21. The summed E-state index contributed by atoms with van der Waals surface area (Å²) in [7, 11) is 0. The number of thioether (sulfide) groups is 1. The van der Waals surface area contributed by atoms with Crippen LogP contribution < -0.4 is 0 Å². The highest BCUT2D eigenvalue weighted by Crippen LogP contribution is 2.30. The molecule has 0 aromatic heterocycles. The first-order valence-electron chi connectivity index (χ1n) is 9.10. The molecule has 0 aliphatic heterocycles. The average molecular weight is 386 g/mol. The zero-order valence-electron chi connectivity index (χ0n) is 15.6. The Morgan fingerprint density at radius 1 is 0.750 bits per heavy atom. The van der Waals surface area contributed by atoms with Crippen molar-refractivity contribution in [1.82, 2.24) is 0 Å². The molecule has 0 N–H and O–H groups in total. The molecule has 3 aromatic rings. The third kappa shape index (κ3) is 3.20. The van der Waals surface area contributed by atoms with E-state index in [1.807, 2.05) is 24.3 Å². The first-order chi connectivity index (χ1) is 13.5. The maximum Gasteiger partial charge on any atom is 0.224 e. The van der Waals surface area contributed by atoms with E-state index >= 15 is 0 Å². The number of rotatable bonds is 3. The molecule has 28 heavy (non-hydrogen) atoms. The summed E-state index contributed by atoms with van der Waals surface area (Å²) in [5.74, 6) is 0.0362. The second-order valence-electron chi connectivity index (χ2n) is 7.08. The number of carbonyl (C=O) groups is 3. The van der Waals surface area contributed by atoms with E-state index in [2.05, 4.69) is 13.8 Å². The molecule has 138 valence electrons. The van der Waals surface area contributed by atoms with Crippen LogP contribution in [-0.2, 0) is 0 Å². The molecule has 4 heteroatoms. The monoisotopic (exact) mass is 386 g/mol. The summed E-state index contributed by atoms with van der Waals surface area (Å²) in [6, 6.07) is 19.4. The number of hydrogen-bond donors (Lipinski definition) is 0. The number of ketones is 2. The molecule has 3 aromatic carbocycles. The van der Waals surface area contributed by atoms with E-state index in [0.29, 0.717) is 33.7 Å². The molecule has 0 unspecified atom stereocenters. The number of carbonyl (C=O) groups excluding carboxylic acids is 3. The summed E-state index contributed by atoms with van der Waals surface area (Å²) < 4.78 is 0. The fourth-order valence-electron chi connectivity index (χ4n) is 3.31. The first kappa shape index (κ1) is 18.4. The van der Waals surface area contributed by atoms with Gasteiger partial charge in [-0.1, -0.05) is 50.2 Å². The molecule has 0 bridgehead atoms. The number of benzene rings is 3. The summed E-state index contributed by atoms with van der Waals surface area (Å²) in [6.45, 7) is 4.24. The van der Waals surface area contributed by atoms with E-state index < -0.39 is 0 Å². The van der Waals surface area contributed by atoms with E-state index in [9.17, 15) is 14.4 Å². The normalized spacial score (nSPS) is 12.7. The summed E-state index contributed by atoms with van der Waals surface area (Å²) in [4.78, 5) is 39.1. The van der Waals surface area contributed by atoms with Crippen LogP contribution in [0.5, 0.6) is 0 Å². The first-order valence-corrected chi connectivity index (χ1v) is 9.92. The van der Waals surface area contributed by atoms with E-state index in [1.165, 1.54) is 5.56 Å². The van der Waals surface area contributed by atoms with Crippen LogP contribution in [-0.4, -0.2) is 16.7 Å². The van der Waals surface area contributed by atoms with Crippen LogP contribution in [0.1, 0.15) is 67.5 Å². The van der Waals surface area contributed by atoms with Crippen LogP contribution in [0.4, 0.5) is 0 Å². The van der Waals surface area contributed by atoms with Crippen LogP contribution in [0, 0.1) is 0 Å². The molecular formula is C24H18O3S. The lowest BCUT2D eigenvalue weighted by atomic mass is 9.83. The molecule has 0 amide bonds. The zero-order chi connectivity index (χ0) is 19.8. The van der Waals surface area contributed by atoms with Crippen LogP contribution >= 0.6 is 11.8 Å². The summed E-state index contributed by atoms with van der Waals surface area (Å²) >= 11 is 1.12. The fourth-order valence-corrected chi connectivity index (χ4v) is 4.04. The zero-order valence-corrected chi connectivity index (χ0v) is 16.4. The summed E-state index contributed by atoms with van der Waals surface area (Å²) in [5, 5.41) is -0.154. The lowest BCUT2D eigenvalue weighted by Gasteiger charge is -2.17. The topological polar surface area (TPSA) is 51.2 Å². The van der Waals surface area contributed by atoms with Gasteiger partial charge in [0.25, 0.3) is 0 Å². The Labute approximate surface area is 167 Å². The van der Waals surface area contributed by atoms with E-state index in [0.717, 1.165) is 16.7 Å². The van der Waals surface area contributed by atoms with E-state index in [4.69, 9.17) is 0 Å². The van der Waals surface area contributed by atoms with Gasteiger partial charge >= 0.3 is 0 Å². The lowest BCUT2D eigenvalue weighted by molar-refractivity contribution is 0.0978. The van der Waals surface area contributed by atoms with Crippen molar-refractivity contribution in [3.8, 4) is 0 Å². The highest BCUT2D eigenvalue weighted by Gasteiger charge is 2.29. The van der Waals surface area contributed by atoms with Crippen molar-refractivity contribution in [1.29, 1.82) is 0 Å². The summed E-state index contributed by atoms with van der Waals surface area (Å²) in [5.41, 5.74) is 3.09. The van der Waals surface area contributed by atoms with Gasteiger partial charge < -0.3 is 0 Å². The van der Waals surface area contributed by atoms with Crippen LogP contribution in [0.15, 0.2) is 71.6 Å². The van der Waals surface area contributed by atoms with Crippen LogP contribution in [0.3, 0.4) is 0 Å². The SMILES string of the molecule is CC(C)c1ccc(SC(=O)c2ccc3c(c2)C(=O)c2ccccc2C3=O)cc1. The highest BCUT2D eigenvalue weighted by molar-refractivity contribution is 8.14. The lowest BCUT2D eigenvalue weighted by Crippen LogP contribution is -2.21. The fraction of sp³-hybridized carbons (Fsp3) is 0.125. The van der Waals surface area contributed by atoms with Gasteiger partial charge in [-0.05, 0) is 53.6 Å². The molecular weight excluding hydrogens is 368 g/mol. The van der Waals surface area contributed by atoms with Crippen molar-refractivity contribution in [3.63, 3.8) is 0 Å². The van der Waals surface area contributed by atoms with Crippen molar-refractivity contribution < 1.29 is 14.4 Å². The average Bonchev–Trinajstić information content (AvgIpc) is 2.72. The van der Waals surface area contributed by atoms with Gasteiger partial charge in [0.2, 0.25) is 5.12 Å². The number of hydrogen-bond acceptors (Lipinski definition) is 4. The minimum absolute atomic E-state index is 0.154. The van der Waals surface area contributed by atoms with Gasteiger partial charge in [0.1, 0.15) is 0 Å². The summed E-state index contributed by atoms with van der Waals surface area (Å²) in [6.07, 6.45) is 0. The van der Waals surface area contributed by atoms with Crippen molar-refractivity contribution in [2.45, 2.75) is 24.7 Å². The Morgan fingerprint density at radius 3 is 1.93 bits per heavy atom. The number of fused-ring (bicyclic) bond motifs is 2. The third-order valence-corrected chi connectivity index (χ3v) is 5.85. The highest BCUT2D eigenvalue weighted by atomic mass is 32.2. The van der Waals surface area contributed by atoms with Gasteiger partial charge in [-0.2, -0.15) is 0 Å². The van der Waals surface area contributed by atoms with Crippen molar-refractivity contribution >= 4 is 28.4 Å². The molecule has 0 fully saturated rings. The Hall–Kier alpha value is -2.98. The molecule has 3 nitrogen and oxygen atoms in total. The maximum absolute atomic E-state index is 12.8. The molecule has 0 saturated carbocycles. The smallest absolute Gasteiger partial charge is 0.224 e. The van der Waals surface area contributed by atoms with Gasteiger partial charge in [-0.25, -0.2) is 0 Å². The molecule has 4 rings (SSSR count). The minimum Gasteiger partial charge on any atom is -0.289 e. The van der Waals surface area contributed by atoms with Crippen LogP contribution in [0.2, 0.25) is 0 Å². The molecule has 0 spiro atoms. The Morgan fingerprint density at radius 2 is 1.32 bits per heavy atom. The van der Waals surface area contributed by atoms with E-state index in [-0.39, 0.29) is 16.7 Å². The van der Waals surface area contributed by atoms with Gasteiger partial charge in [0.15, 0.2) is 11.6 Å². The maximum atomic E-state index is 12.8. The van der Waals surface area contributed by atoms with Gasteiger partial charge in [0.05, 0.1) is 0 Å². The molecule has 0 radical (unpaired) electrons. The van der Waals surface area contributed by atoms with Crippen molar-refractivity contribution in [3.05, 3.63) is 100 Å². The second-order valence-corrected chi connectivity index (χ2v) is 8.12. The van der Waals surface area contributed by atoms with Crippen molar-refractivity contribution in [2.24, 2.45) is 0 Å². The Bertz CT molecular complexity index is 1110. The molecule has 0 saturated heterocycles. The molecule has 1 aliphatic carbocycles. The predicted molar refractivity (Wildman–Crippen MR) is 110 cm³/mol. The molecule has 1 aliphatic rings. The van der Waals surface area contributed by atoms with E-state index in [1.54, 1.807) is 42.5 Å². The van der Waals surface area contributed by atoms with Crippen molar-refractivity contribution in [2.75, 3.05) is 0 Å². The quantitative estimate of drug-likeness (QED) is 0.435.